The normalized spacial score (nSPS) is 15.4. The number of benzene rings is 1. The number of hydrogen-bond acceptors (Lipinski definition) is 5. The predicted molar refractivity (Wildman–Crippen MR) is 106 cm³/mol. The monoisotopic (exact) mass is 426 g/mol. The molecule has 1 saturated heterocycles. The van der Waals surface area contributed by atoms with Crippen LogP contribution in [0.15, 0.2) is 33.9 Å². The number of ether oxygens (including phenoxy) is 1. The van der Waals surface area contributed by atoms with Gasteiger partial charge in [-0.3, -0.25) is 9.36 Å². The lowest BCUT2D eigenvalue weighted by Crippen LogP contribution is -2.47. The number of alkyl halides is 3. The summed E-state index contributed by atoms with van der Waals surface area (Å²) in [5, 5.41) is 4.26. The van der Waals surface area contributed by atoms with Crippen LogP contribution in [0.2, 0.25) is 0 Å². The van der Waals surface area contributed by atoms with E-state index in [-0.39, 0.29) is 11.6 Å². The topological polar surface area (TPSA) is 69.4 Å². The van der Waals surface area contributed by atoms with Gasteiger partial charge in [0.1, 0.15) is 11.9 Å². The molecule has 0 bridgehead atoms. The molecule has 0 unspecified atom stereocenters. The van der Waals surface area contributed by atoms with E-state index in [1.54, 1.807) is 4.90 Å². The van der Waals surface area contributed by atoms with E-state index in [1.165, 1.54) is 29.9 Å². The summed E-state index contributed by atoms with van der Waals surface area (Å²) in [6.45, 7) is 3.21. The van der Waals surface area contributed by atoms with Crippen molar-refractivity contribution in [1.82, 2.24) is 14.3 Å². The lowest BCUT2D eigenvalue weighted by Gasteiger charge is -2.33. The van der Waals surface area contributed by atoms with E-state index in [9.17, 15) is 22.8 Å². The van der Waals surface area contributed by atoms with Crippen molar-refractivity contribution in [1.29, 1.82) is 0 Å². The Hall–Kier alpha value is -2.78. The molecule has 0 atom stereocenters. The highest BCUT2D eigenvalue weighted by molar-refractivity contribution is 5.37. The molecule has 0 aliphatic carbocycles. The Morgan fingerprint density at radius 2 is 1.83 bits per heavy atom. The highest BCUT2D eigenvalue weighted by Crippen LogP contribution is 2.37. The van der Waals surface area contributed by atoms with E-state index in [1.807, 2.05) is 6.92 Å². The molecule has 1 fully saturated rings. The van der Waals surface area contributed by atoms with Crippen LogP contribution in [0.5, 0.6) is 5.75 Å². The van der Waals surface area contributed by atoms with E-state index in [2.05, 4.69) is 5.10 Å². The average Bonchev–Trinajstić information content (AvgIpc) is 2.72. The molecule has 0 spiro atoms. The molecule has 1 aliphatic rings. The third kappa shape index (κ3) is 4.68. The Morgan fingerprint density at radius 1 is 1.17 bits per heavy atom. The van der Waals surface area contributed by atoms with Gasteiger partial charge in [0.2, 0.25) is 5.82 Å². The summed E-state index contributed by atoms with van der Waals surface area (Å²) in [6.07, 6.45) is -2.37. The maximum Gasteiger partial charge on any atom is 0.419 e. The van der Waals surface area contributed by atoms with Crippen molar-refractivity contribution in [2.45, 2.75) is 51.4 Å². The third-order valence-corrected chi connectivity index (χ3v) is 5.17. The van der Waals surface area contributed by atoms with Crippen molar-refractivity contribution in [3.05, 3.63) is 50.7 Å². The van der Waals surface area contributed by atoms with Crippen LogP contribution in [-0.2, 0) is 19.8 Å². The zero-order valence-electron chi connectivity index (χ0n) is 17.0. The number of piperidine rings is 1. The summed E-state index contributed by atoms with van der Waals surface area (Å²) in [5.74, 6) is -0.00653. The second-order valence-electron chi connectivity index (χ2n) is 7.35. The third-order valence-electron chi connectivity index (χ3n) is 5.17. The Bertz CT molecular complexity index is 992. The molecule has 3 rings (SSSR count). The second kappa shape index (κ2) is 8.93. The van der Waals surface area contributed by atoms with Gasteiger partial charge >= 0.3 is 11.9 Å². The van der Waals surface area contributed by atoms with Gasteiger partial charge in [-0.2, -0.15) is 13.2 Å². The minimum Gasteiger partial charge on any atom is -0.490 e. The van der Waals surface area contributed by atoms with Gasteiger partial charge in [0.15, 0.2) is 0 Å². The predicted octanol–water partition coefficient (Wildman–Crippen LogP) is 2.81. The first-order chi connectivity index (χ1) is 14.2. The van der Waals surface area contributed by atoms with E-state index >= 15 is 0 Å². The summed E-state index contributed by atoms with van der Waals surface area (Å²) >= 11 is 0. The minimum atomic E-state index is -4.49. The van der Waals surface area contributed by atoms with Crippen LogP contribution in [0.4, 0.5) is 19.0 Å². The van der Waals surface area contributed by atoms with Crippen molar-refractivity contribution >= 4 is 5.82 Å². The molecule has 7 nitrogen and oxygen atoms in total. The summed E-state index contributed by atoms with van der Waals surface area (Å²) in [7, 11) is 1.42. The summed E-state index contributed by atoms with van der Waals surface area (Å²) in [6, 6.07) is 5.15. The Labute approximate surface area is 171 Å². The lowest BCUT2D eigenvalue weighted by atomic mass is 10.1. The highest BCUT2D eigenvalue weighted by Gasteiger charge is 2.35. The van der Waals surface area contributed by atoms with Crippen LogP contribution >= 0.6 is 0 Å². The molecule has 10 heteroatoms. The molecule has 2 heterocycles. The Morgan fingerprint density at radius 3 is 2.47 bits per heavy atom. The van der Waals surface area contributed by atoms with Gasteiger partial charge in [0.05, 0.1) is 5.56 Å². The van der Waals surface area contributed by atoms with E-state index < -0.39 is 29.1 Å². The van der Waals surface area contributed by atoms with Gasteiger partial charge in [0.25, 0.3) is 5.56 Å². The molecule has 164 valence electrons. The van der Waals surface area contributed by atoms with Crippen LogP contribution < -0.4 is 20.9 Å². The molecule has 1 aromatic carbocycles. The first-order valence-corrected chi connectivity index (χ1v) is 9.98. The first kappa shape index (κ1) is 21.9. The molecule has 0 N–H and O–H groups in total. The number of aromatic nitrogens is 3. The molecular weight excluding hydrogens is 401 g/mol. The molecule has 0 radical (unpaired) electrons. The number of aryl methyl sites for hydroxylation is 1. The van der Waals surface area contributed by atoms with Gasteiger partial charge in [-0.1, -0.05) is 25.5 Å². The Balaban J connectivity index is 1.73. The van der Waals surface area contributed by atoms with Gasteiger partial charge in [-0.25, -0.2) is 9.48 Å². The zero-order valence-corrected chi connectivity index (χ0v) is 17.0. The van der Waals surface area contributed by atoms with E-state index in [4.69, 9.17) is 4.74 Å². The molecule has 0 amide bonds. The smallest absolute Gasteiger partial charge is 0.419 e. The fourth-order valence-corrected chi connectivity index (χ4v) is 3.43. The standard InChI is InChI=1S/C20H25F3N4O3/c1-3-4-11-27-19(29)25(2)18(28)17(24-27)26-12-9-14(10-13-26)30-16-8-6-5-7-15(16)20(21,22)23/h5-8,14H,3-4,9-13H2,1-2H3. The summed E-state index contributed by atoms with van der Waals surface area (Å²) < 4.78 is 47.5. The molecular formula is C20H25F3N4O3. The van der Waals surface area contributed by atoms with Gasteiger partial charge in [-0.05, 0) is 18.6 Å². The van der Waals surface area contributed by atoms with Crippen molar-refractivity contribution in [2.75, 3.05) is 18.0 Å². The summed E-state index contributed by atoms with van der Waals surface area (Å²) in [4.78, 5) is 26.5. The van der Waals surface area contributed by atoms with Crippen LogP contribution in [0, 0.1) is 0 Å². The van der Waals surface area contributed by atoms with Crippen LogP contribution in [0.3, 0.4) is 0 Å². The molecule has 1 aliphatic heterocycles. The number of unbranched alkanes of at least 4 members (excludes halogenated alkanes) is 1. The van der Waals surface area contributed by atoms with Gasteiger partial charge in [-0.15, -0.1) is 5.10 Å². The van der Waals surface area contributed by atoms with Gasteiger partial charge < -0.3 is 9.64 Å². The van der Waals surface area contributed by atoms with Crippen LogP contribution in [0.25, 0.3) is 0 Å². The van der Waals surface area contributed by atoms with Crippen molar-refractivity contribution in [3.63, 3.8) is 0 Å². The molecule has 30 heavy (non-hydrogen) atoms. The number of nitrogens with zero attached hydrogens (tertiary/aromatic N) is 4. The van der Waals surface area contributed by atoms with E-state index in [0.29, 0.717) is 32.5 Å². The molecule has 2 aromatic rings. The first-order valence-electron chi connectivity index (χ1n) is 9.98. The molecule has 0 saturated carbocycles. The van der Waals surface area contributed by atoms with Crippen molar-refractivity contribution < 1.29 is 17.9 Å². The van der Waals surface area contributed by atoms with Crippen molar-refractivity contribution in [2.24, 2.45) is 7.05 Å². The largest absolute Gasteiger partial charge is 0.490 e. The SMILES string of the molecule is CCCCn1nc(N2CCC(Oc3ccccc3C(F)(F)F)CC2)c(=O)n(C)c1=O. The number of para-hydroxylation sites is 1. The fourth-order valence-electron chi connectivity index (χ4n) is 3.43. The minimum absolute atomic E-state index is 0.183. The second-order valence-corrected chi connectivity index (χ2v) is 7.35. The zero-order chi connectivity index (χ0) is 21.9. The summed E-state index contributed by atoms with van der Waals surface area (Å²) in [5.41, 5.74) is -1.74. The van der Waals surface area contributed by atoms with Crippen LogP contribution in [-0.4, -0.2) is 33.5 Å². The molecule has 1 aromatic heterocycles. The van der Waals surface area contributed by atoms with Gasteiger partial charge in [0, 0.05) is 39.5 Å². The number of hydrogen-bond donors (Lipinski definition) is 0. The number of rotatable bonds is 6. The Kier molecular flexibility index (Phi) is 6.52. The fraction of sp³-hybridized carbons (Fsp3) is 0.550. The van der Waals surface area contributed by atoms with E-state index in [0.717, 1.165) is 23.5 Å². The average molecular weight is 426 g/mol. The van der Waals surface area contributed by atoms with Crippen molar-refractivity contribution in [3.8, 4) is 5.75 Å². The lowest BCUT2D eigenvalue weighted by molar-refractivity contribution is -0.139. The number of anilines is 1. The quantitative estimate of drug-likeness (QED) is 0.711. The highest BCUT2D eigenvalue weighted by atomic mass is 19.4. The maximum atomic E-state index is 13.2. The number of halogens is 3. The van der Waals surface area contributed by atoms with Crippen LogP contribution in [0.1, 0.15) is 38.2 Å². The maximum absolute atomic E-state index is 13.2.